The van der Waals surface area contributed by atoms with E-state index >= 15 is 0 Å². The van der Waals surface area contributed by atoms with Crippen LogP contribution in [0.25, 0.3) is 0 Å². The van der Waals surface area contributed by atoms with Gasteiger partial charge in [-0.1, -0.05) is 46.6 Å². The summed E-state index contributed by atoms with van der Waals surface area (Å²) in [7, 11) is 4.04. The molecule has 2 N–H and O–H groups in total. The second-order valence-corrected chi connectivity index (χ2v) is 24.3. The molecule has 6 aliphatic rings. The molecule has 2 aromatic carbocycles. The number of fused-ring (bicyclic) bond motifs is 6. The Labute approximate surface area is 479 Å². The minimum atomic E-state index is -1.04. The number of allylic oxidation sites excluding steroid dienone is 8. The summed E-state index contributed by atoms with van der Waals surface area (Å²) in [6.07, 6.45) is 12.4. The Kier molecular flexibility index (Phi) is 19.6. The standard InChI is InChI=1S/C63H88N6O12/c1-41(2)16-11-18-43(5)20-13-23-62(7)53(78-60(75)66-30-26-64(9)27-31-66)36-47-51(71)34-45-49(56(47)80-62)38-68(58(45)73)25-15-22-55(77-40-70)69-39-50-46(59(69)74)35-52(72)48-37-54(79-61(76)67-32-28-65(10)29-33-67)63(8,81-57(48)50)24-14-21-44(6)19-12-17-42(3)4/h16-17,20-21,34-35,40,53-55,71-72H,11-15,18-19,22-33,36-39H2,1-10H3/b43-20+,44-21+/t53-,54-,55+,62+,63+/m0/s1. The zero-order chi connectivity index (χ0) is 58.3. The fourth-order valence-electron chi connectivity index (χ4n) is 12.0. The largest absolute Gasteiger partial charge is 0.508 e. The number of piperazine rings is 2. The highest BCUT2D eigenvalue weighted by Crippen LogP contribution is 2.49. The molecule has 0 spiro atoms. The van der Waals surface area contributed by atoms with Crippen molar-refractivity contribution in [3.63, 3.8) is 0 Å². The number of carbonyl (C=O) groups excluding carboxylic acids is 5. The van der Waals surface area contributed by atoms with Crippen molar-refractivity contribution in [3.8, 4) is 23.0 Å². The lowest BCUT2D eigenvalue weighted by atomic mass is 9.84. The number of carbonyl (C=O) groups is 5. The van der Waals surface area contributed by atoms with E-state index in [1.807, 2.05) is 27.9 Å². The number of amides is 4. The topological polar surface area (TPSA) is 191 Å². The number of ether oxygens (including phenoxy) is 5. The first kappa shape index (κ1) is 60.6. The third-order valence-electron chi connectivity index (χ3n) is 17.3. The fraction of sp³-hybridized carbons (Fsp3) is 0.603. The van der Waals surface area contributed by atoms with E-state index in [1.54, 1.807) is 14.7 Å². The van der Waals surface area contributed by atoms with E-state index in [0.717, 1.165) is 51.9 Å². The van der Waals surface area contributed by atoms with E-state index < -0.39 is 47.7 Å². The molecule has 0 aromatic heterocycles. The van der Waals surface area contributed by atoms with Gasteiger partial charge in [-0.05, 0) is 139 Å². The Morgan fingerprint density at radius 2 is 1.09 bits per heavy atom. The number of benzene rings is 2. The average Bonchev–Trinajstić information content (AvgIpc) is 4.19. The first-order chi connectivity index (χ1) is 38.6. The number of nitrogens with zero attached hydrogens (tertiary/aromatic N) is 6. The summed E-state index contributed by atoms with van der Waals surface area (Å²) in [6.45, 7) is 22.3. The minimum Gasteiger partial charge on any atom is -0.508 e. The highest BCUT2D eigenvalue weighted by atomic mass is 16.6. The van der Waals surface area contributed by atoms with Crippen LogP contribution < -0.4 is 9.47 Å². The number of rotatable bonds is 21. The summed E-state index contributed by atoms with van der Waals surface area (Å²) in [6, 6.07) is 2.90. The van der Waals surface area contributed by atoms with Crippen molar-refractivity contribution in [2.75, 3.05) is 73.0 Å². The highest BCUT2D eigenvalue weighted by molar-refractivity contribution is 6.01. The van der Waals surface area contributed by atoms with Crippen molar-refractivity contribution in [2.45, 2.75) is 175 Å². The van der Waals surface area contributed by atoms with Crippen LogP contribution in [-0.2, 0) is 44.9 Å². The molecule has 2 fully saturated rings. The van der Waals surface area contributed by atoms with Crippen LogP contribution in [0.2, 0.25) is 0 Å². The van der Waals surface area contributed by atoms with Crippen molar-refractivity contribution in [2.24, 2.45) is 0 Å². The molecule has 0 unspecified atom stereocenters. The normalized spacial score (nSPS) is 23.4. The van der Waals surface area contributed by atoms with Crippen LogP contribution in [0.1, 0.15) is 163 Å². The Hall–Kier alpha value is -6.53. The summed E-state index contributed by atoms with van der Waals surface area (Å²) in [5.74, 6) is -0.236. The third-order valence-corrected chi connectivity index (χ3v) is 17.3. The Morgan fingerprint density at radius 1 is 0.642 bits per heavy atom. The van der Waals surface area contributed by atoms with Gasteiger partial charge in [-0.2, -0.15) is 0 Å². The van der Waals surface area contributed by atoms with Crippen LogP contribution >= 0.6 is 0 Å². The molecule has 18 heteroatoms. The monoisotopic (exact) mass is 1120 g/mol. The van der Waals surface area contributed by atoms with Gasteiger partial charge in [0, 0.05) is 100 Å². The molecule has 0 aliphatic carbocycles. The number of aromatic hydroxyl groups is 2. The van der Waals surface area contributed by atoms with Crippen LogP contribution in [0.4, 0.5) is 9.59 Å². The van der Waals surface area contributed by atoms with Gasteiger partial charge in [0.05, 0.1) is 24.2 Å². The first-order valence-electron chi connectivity index (χ1n) is 29.3. The molecule has 5 atom stereocenters. The van der Waals surface area contributed by atoms with Gasteiger partial charge in [0.2, 0.25) is 0 Å². The highest BCUT2D eigenvalue weighted by Gasteiger charge is 2.50. The van der Waals surface area contributed by atoms with Crippen LogP contribution in [0, 0.1) is 0 Å². The summed E-state index contributed by atoms with van der Waals surface area (Å²) in [4.78, 5) is 79.1. The first-order valence-corrected chi connectivity index (χ1v) is 29.3. The Bertz CT molecular complexity index is 2800. The van der Waals surface area contributed by atoms with Gasteiger partial charge in [-0.15, -0.1) is 0 Å². The second kappa shape index (κ2) is 26.2. The van der Waals surface area contributed by atoms with E-state index in [9.17, 15) is 34.2 Å². The van der Waals surface area contributed by atoms with Crippen LogP contribution in [-0.4, -0.2) is 173 Å². The average molecular weight is 1120 g/mol. The molecule has 2 aromatic rings. The van der Waals surface area contributed by atoms with Gasteiger partial charge < -0.3 is 58.4 Å². The van der Waals surface area contributed by atoms with E-state index in [4.69, 9.17) is 23.7 Å². The molecule has 0 radical (unpaired) electrons. The predicted octanol–water partition coefficient (Wildman–Crippen LogP) is 9.83. The van der Waals surface area contributed by atoms with Crippen LogP contribution in [0.5, 0.6) is 23.0 Å². The molecule has 8 rings (SSSR count). The SMILES string of the molecule is CC(C)=CCC/C(C)=C/CC[C@@]1(C)Oc2c(c(O)cc3c2CN(CCC[C@@H](OC=O)N2Cc4c(cc(O)c5c4O[C@](C)(CC/C=C(\C)CCC=C(C)C)[C@@H](OC(=O)N4CCN(C)CC4)C5)C2=O)C3=O)C[C@@H]1OC(=O)N1CCN(C)CC1. The predicted molar refractivity (Wildman–Crippen MR) is 308 cm³/mol. The number of phenols is 2. The molecule has 6 heterocycles. The van der Waals surface area contributed by atoms with Crippen molar-refractivity contribution in [1.82, 2.24) is 29.4 Å². The summed E-state index contributed by atoms with van der Waals surface area (Å²) >= 11 is 0. The maximum absolute atomic E-state index is 14.4. The summed E-state index contributed by atoms with van der Waals surface area (Å²) in [5, 5.41) is 23.2. The third kappa shape index (κ3) is 14.2. The smallest absolute Gasteiger partial charge is 0.410 e. The van der Waals surface area contributed by atoms with E-state index in [0.29, 0.717) is 104 Å². The molecule has 0 bridgehead atoms. The fourth-order valence-corrected chi connectivity index (χ4v) is 12.0. The molecule has 4 amide bonds. The van der Waals surface area contributed by atoms with Gasteiger partial charge in [-0.3, -0.25) is 19.3 Å². The quantitative estimate of drug-likeness (QED) is 0.0682. The maximum atomic E-state index is 14.4. The molecule has 6 aliphatic heterocycles. The lowest BCUT2D eigenvalue weighted by Crippen LogP contribution is -2.54. The van der Waals surface area contributed by atoms with Gasteiger partial charge >= 0.3 is 12.2 Å². The van der Waals surface area contributed by atoms with Gasteiger partial charge in [-0.25, -0.2) is 9.59 Å². The second-order valence-electron chi connectivity index (χ2n) is 24.3. The van der Waals surface area contributed by atoms with Crippen LogP contribution in [0.3, 0.4) is 0 Å². The van der Waals surface area contributed by atoms with Gasteiger partial charge in [0.15, 0.2) is 6.23 Å². The number of likely N-dealkylation sites (N-methyl/N-ethyl adjacent to an activating group) is 2. The Morgan fingerprint density at radius 3 is 1.53 bits per heavy atom. The zero-order valence-electron chi connectivity index (χ0n) is 49.7. The summed E-state index contributed by atoms with van der Waals surface area (Å²) in [5.41, 5.74) is 5.63. The molecule has 18 nitrogen and oxygen atoms in total. The van der Waals surface area contributed by atoms with Crippen molar-refractivity contribution >= 4 is 30.5 Å². The molecular formula is C63H88N6O12. The van der Waals surface area contributed by atoms with E-state index in [2.05, 4.69) is 75.6 Å². The molecule has 442 valence electrons. The number of hydrogen-bond donors (Lipinski definition) is 2. The molecular weight excluding hydrogens is 1030 g/mol. The molecule has 0 saturated carbocycles. The van der Waals surface area contributed by atoms with Crippen molar-refractivity contribution in [1.29, 1.82) is 0 Å². The van der Waals surface area contributed by atoms with Crippen LogP contribution in [0.15, 0.2) is 58.7 Å². The lowest BCUT2D eigenvalue weighted by molar-refractivity contribution is -0.141. The minimum absolute atomic E-state index is 0.0209. The zero-order valence-corrected chi connectivity index (χ0v) is 49.7. The number of phenolic OH excluding ortho intramolecular Hbond substituents is 2. The maximum Gasteiger partial charge on any atom is 0.410 e. The Balaban J connectivity index is 0.970. The van der Waals surface area contributed by atoms with Crippen molar-refractivity contribution in [3.05, 3.63) is 92.1 Å². The van der Waals surface area contributed by atoms with Crippen molar-refractivity contribution < 1.29 is 57.9 Å². The summed E-state index contributed by atoms with van der Waals surface area (Å²) < 4.78 is 32.2. The molecule has 2 saturated heterocycles. The van der Waals surface area contributed by atoms with Gasteiger partial charge in [0.25, 0.3) is 18.3 Å². The van der Waals surface area contributed by atoms with E-state index in [-0.39, 0.29) is 61.9 Å². The van der Waals surface area contributed by atoms with Gasteiger partial charge in [0.1, 0.15) is 46.4 Å². The lowest BCUT2D eigenvalue weighted by Gasteiger charge is -2.43. The number of hydrogen-bond acceptors (Lipinski definition) is 14. The van der Waals surface area contributed by atoms with E-state index in [1.165, 1.54) is 39.3 Å². The molecule has 81 heavy (non-hydrogen) atoms.